The minimum atomic E-state index is -0.266. The predicted octanol–water partition coefficient (Wildman–Crippen LogP) is 0.242. The van der Waals surface area contributed by atoms with Gasteiger partial charge >= 0.3 is 0 Å². The van der Waals surface area contributed by atoms with Crippen molar-refractivity contribution in [1.82, 2.24) is 4.98 Å². The molecule has 0 N–H and O–H groups in total. The van der Waals surface area contributed by atoms with Gasteiger partial charge in [-0.25, -0.2) is 9.37 Å². The topological polar surface area (TPSA) is 12.9 Å². The summed E-state index contributed by atoms with van der Waals surface area (Å²) in [6.07, 6.45) is 1.19. The Morgan fingerprint density at radius 1 is 1.67 bits per heavy atom. The molecule has 0 unspecified atom stereocenters. The van der Waals surface area contributed by atoms with Crippen LogP contribution in [0.15, 0.2) is 16.9 Å². The lowest BCUT2D eigenvalue weighted by Gasteiger charge is -1.93. The number of rotatable bonds is 0. The molecule has 0 radical (unpaired) electrons. The molecule has 0 bridgehead atoms. The lowest BCUT2D eigenvalue weighted by atomic mass is 9.98. The second kappa shape index (κ2) is 2.48. The van der Waals surface area contributed by atoms with Crippen molar-refractivity contribution >= 4 is 29.2 Å². The minimum Gasteiger partial charge on any atom is -0.246 e. The molecule has 0 spiro atoms. The van der Waals surface area contributed by atoms with Gasteiger partial charge in [-0.1, -0.05) is 0 Å². The normalized spacial score (nSPS) is 9.56. The number of hydrogen-bond acceptors (Lipinski definition) is 1. The second-order valence-corrected chi connectivity index (χ2v) is 2.57. The zero-order valence-electron chi connectivity index (χ0n) is 4.86. The number of aromatic nitrogens is 1. The number of pyridine rings is 1. The molecule has 0 aliphatic carbocycles. The maximum absolute atomic E-state index is 12.4. The molecule has 1 aromatic heterocycles. The Bertz CT molecular complexity index is 228. The van der Waals surface area contributed by atoms with Crippen LogP contribution in [0.1, 0.15) is 0 Å². The third kappa shape index (κ3) is 1.51. The van der Waals surface area contributed by atoms with Crippen LogP contribution in [-0.4, -0.2) is 12.8 Å². The fraction of sp³-hybridized carbons (Fsp3) is 0. The Kier molecular flexibility index (Phi) is 1.85. The molecular weight excluding hydrogens is 184 g/mol. The van der Waals surface area contributed by atoms with Gasteiger partial charge in [0.05, 0.1) is 6.20 Å². The third-order valence-corrected chi connectivity index (χ3v) is 1.45. The average Bonchev–Trinajstić information content (AvgIpc) is 1.80. The molecule has 4 heteroatoms. The summed E-state index contributed by atoms with van der Waals surface area (Å²) < 4.78 is 13.1. The molecule has 0 aliphatic heterocycles. The van der Waals surface area contributed by atoms with E-state index in [4.69, 9.17) is 0 Å². The summed E-state index contributed by atoms with van der Waals surface area (Å²) in [5, 5.41) is 0. The molecule has 9 heavy (non-hydrogen) atoms. The lowest BCUT2D eigenvalue weighted by Crippen LogP contribution is -2.08. The van der Waals surface area contributed by atoms with E-state index in [1.807, 2.05) is 0 Å². The largest absolute Gasteiger partial charge is 0.246 e. The molecule has 0 saturated heterocycles. The van der Waals surface area contributed by atoms with Crippen LogP contribution in [0.5, 0.6) is 0 Å². The van der Waals surface area contributed by atoms with Crippen molar-refractivity contribution in [3.05, 3.63) is 22.7 Å². The van der Waals surface area contributed by atoms with Crippen molar-refractivity contribution in [2.24, 2.45) is 0 Å². The van der Waals surface area contributed by atoms with E-state index in [1.54, 1.807) is 13.9 Å². The average molecular weight is 188 g/mol. The van der Waals surface area contributed by atoms with Crippen LogP contribution in [-0.2, 0) is 0 Å². The van der Waals surface area contributed by atoms with Gasteiger partial charge in [-0.3, -0.25) is 0 Å². The maximum atomic E-state index is 12.4. The third-order valence-electron chi connectivity index (χ3n) is 1.01. The van der Waals surface area contributed by atoms with E-state index < -0.39 is 0 Å². The van der Waals surface area contributed by atoms with Gasteiger partial charge in [-0.15, -0.1) is 0 Å². The molecule has 1 rings (SSSR count). The first-order chi connectivity index (χ1) is 4.20. The molecule has 46 valence electrons. The molecule has 0 aliphatic rings. The quantitative estimate of drug-likeness (QED) is 0.419. The van der Waals surface area contributed by atoms with Gasteiger partial charge in [0.2, 0.25) is 0 Å². The number of hydrogen-bond donors (Lipinski definition) is 0. The molecular formula is C5H4BBrFN. The molecule has 1 nitrogen and oxygen atoms in total. The van der Waals surface area contributed by atoms with E-state index in [0.29, 0.717) is 10.1 Å². The molecule has 0 aromatic carbocycles. The van der Waals surface area contributed by atoms with E-state index in [0.717, 1.165) is 0 Å². The van der Waals surface area contributed by atoms with E-state index in [2.05, 4.69) is 20.9 Å². The first-order valence-electron chi connectivity index (χ1n) is 2.48. The van der Waals surface area contributed by atoms with Crippen molar-refractivity contribution in [2.75, 3.05) is 0 Å². The SMILES string of the molecule is Bc1cc(Br)ncc1F. The fourth-order valence-electron chi connectivity index (χ4n) is 0.505. The summed E-state index contributed by atoms with van der Waals surface area (Å²) in [5.41, 5.74) is 0.608. The summed E-state index contributed by atoms with van der Waals surface area (Å²) in [4.78, 5) is 3.68. The van der Waals surface area contributed by atoms with E-state index >= 15 is 0 Å². The van der Waals surface area contributed by atoms with Crippen LogP contribution in [0, 0.1) is 5.82 Å². The van der Waals surface area contributed by atoms with Gasteiger partial charge in [0.1, 0.15) is 18.3 Å². The molecule has 0 amide bonds. The zero-order chi connectivity index (χ0) is 6.85. The lowest BCUT2D eigenvalue weighted by molar-refractivity contribution is 0.629. The fourth-order valence-corrected chi connectivity index (χ4v) is 0.951. The molecule has 1 heterocycles. The van der Waals surface area contributed by atoms with E-state index in [-0.39, 0.29) is 5.82 Å². The monoisotopic (exact) mass is 187 g/mol. The molecule has 0 atom stereocenters. The van der Waals surface area contributed by atoms with Crippen molar-refractivity contribution in [3.8, 4) is 0 Å². The maximum Gasteiger partial charge on any atom is 0.143 e. The van der Waals surface area contributed by atoms with Crippen molar-refractivity contribution < 1.29 is 4.39 Å². The summed E-state index contributed by atoms with van der Waals surface area (Å²) in [6.45, 7) is 0. The molecule has 0 fully saturated rings. The Morgan fingerprint density at radius 3 is 2.78 bits per heavy atom. The van der Waals surface area contributed by atoms with Gasteiger partial charge in [0, 0.05) is 0 Å². The van der Waals surface area contributed by atoms with Gasteiger partial charge in [-0.2, -0.15) is 0 Å². The highest BCUT2D eigenvalue weighted by molar-refractivity contribution is 9.10. The first kappa shape index (κ1) is 6.74. The predicted molar refractivity (Wildman–Crippen MR) is 40.1 cm³/mol. The minimum absolute atomic E-state index is 0.266. The van der Waals surface area contributed by atoms with Gasteiger partial charge in [-0.05, 0) is 27.5 Å². The highest BCUT2D eigenvalue weighted by Gasteiger charge is 1.95. The van der Waals surface area contributed by atoms with Gasteiger partial charge in [0.15, 0.2) is 0 Å². The molecule has 1 aromatic rings. The Labute approximate surface area is 61.8 Å². The van der Waals surface area contributed by atoms with Crippen LogP contribution >= 0.6 is 15.9 Å². The highest BCUT2D eigenvalue weighted by atomic mass is 79.9. The van der Waals surface area contributed by atoms with E-state index in [1.165, 1.54) is 6.20 Å². The summed E-state index contributed by atoms with van der Waals surface area (Å²) in [5.74, 6) is -0.266. The molecule has 0 saturated carbocycles. The van der Waals surface area contributed by atoms with Crippen LogP contribution in [0.4, 0.5) is 4.39 Å². The summed E-state index contributed by atoms with van der Waals surface area (Å²) in [6, 6.07) is 1.63. The van der Waals surface area contributed by atoms with Crippen LogP contribution in [0.3, 0.4) is 0 Å². The second-order valence-electron chi connectivity index (χ2n) is 1.76. The van der Waals surface area contributed by atoms with Crippen LogP contribution in [0.25, 0.3) is 0 Å². The smallest absolute Gasteiger partial charge is 0.143 e. The Hall–Kier alpha value is -0.375. The first-order valence-corrected chi connectivity index (χ1v) is 3.27. The van der Waals surface area contributed by atoms with Gasteiger partial charge < -0.3 is 0 Å². The van der Waals surface area contributed by atoms with Crippen molar-refractivity contribution in [3.63, 3.8) is 0 Å². The summed E-state index contributed by atoms with van der Waals surface area (Å²) >= 11 is 3.12. The van der Waals surface area contributed by atoms with Crippen LogP contribution in [0.2, 0.25) is 0 Å². The Morgan fingerprint density at radius 2 is 2.33 bits per heavy atom. The number of halogens is 2. The van der Waals surface area contributed by atoms with Crippen LogP contribution < -0.4 is 5.46 Å². The zero-order valence-corrected chi connectivity index (χ0v) is 6.44. The summed E-state index contributed by atoms with van der Waals surface area (Å²) in [7, 11) is 1.70. The van der Waals surface area contributed by atoms with E-state index in [9.17, 15) is 4.39 Å². The standard InChI is InChI=1S/C5H4BBrFN/c6-3-1-5(7)9-2-4(3)8/h1-2H,6H2. The van der Waals surface area contributed by atoms with Gasteiger partial charge in [0.25, 0.3) is 0 Å². The highest BCUT2D eigenvalue weighted by Crippen LogP contribution is 2.01. The van der Waals surface area contributed by atoms with Crippen molar-refractivity contribution in [2.45, 2.75) is 0 Å². The number of nitrogens with zero attached hydrogens (tertiary/aromatic N) is 1. The Balaban J connectivity index is 3.17. The van der Waals surface area contributed by atoms with Crippen molar-refractivity contribution in [1.29, 1.82) is 0 Å².